The highest BCUT2D eigenvalue weighted by Gasteiger charge is 2.21. The van der Waals surface area contributed by atoms with Gasteiger partial charge >= 0.3 is 6.01 Å². The SMILES string of the molecule is CCOc1ccc(F)cc1-c1[nH]nc2nc(Oc3ccc(F)cc3F)nc(NC[C@H](C)O)c12. The van der Waals surface area contributed by atoms with E-state index in [1.54, 1.807) is 13.8 Å². The Bertz CT molecular complexity index is 1300. The molecule has 8 nitrogen and oxygen atoms in total. The van der Waals surface area contributed by atoms with Crippen LogP contribution in [0, 0.1) is 17.5 Å². The van der Waals surface area contributed by atoms with Gasteiger partial charge in [-0.1, -0.05) is 0 Å². The van der Waals surface area contributed by atoms with Gasteiger partial charge in [-0.3, -0.25) is 5.10 Å². The second-order valence-corrected chi connectivity index (χ2v) is 7.13. The van der Waals surface area contributed by atoms with E-state index in [-0.39, 0.29) is 29.8 Å². The van der Waals surface area contributed by atoms with E-state index in [0.29, 0.717) is 35.1 Å². The molecule has 172 valence electrons. The Morgan fingerprint density at radius 2 is 1.79 bits per heavy atom. The number of halogens is 3. The first kappa shape index (κ1) is 22.3. The van der Waals surface area contributed by atoms with E-state index in [9.17, 15) is 18.3 Å². The summed E-state index contributed by atoms with van der Waals surface area (Å²) in [6, 6.07) is 6.62. The highest BCUT2D eigenvalue weighted by atomic mass is 19.1. The average molecular weight is 459 g/mol. The van der Waals surface area contributed by atoms with Crippen LogP contribution in [-0.2, 0) is 0 Å². The van der Waals surface area contributed by atoms with E-state index < -0.39 is 23.6 Å². The highest BCUT2D eigenvalue weighted by molar-refractivity contribution is 6.00. The van der Waals surface area contributed by atoms with E-state index in [0.717, 1.165) is 12.1 Å². The molecule has 0 spiro atoms. The summed E-state index contributed by atoms with van der Waals surface area (Å²) in [6.07, 6.45) is -0.725. The number of hydrogen-bond acceptors (Lipinski definition) is 7. The fourth-order valence-electron chi connectivity index (χ4n) is 3.15. The van der Waals surface area contributed by atoms with Crippen LogP contribution in [0.4, 0.5) is 19.0 Å². The number of ether oxygens (including phenoxy) is 2. The predicted octanol–water partition coefficient (Wildman–Crippen LogP) is 4.42. The molecule has 0 bridgehead atoms. The Hall–Kier alpha value is -3.86. The minimum atomic E-state index is -0.930. The highest BCUT2D eigenvalue weighted by Crippen LogP contribution is 2.37. The number of rotatable bonds is 8. The minimum Gasteiger partial charge on any atom is -0.493 e. The van der Waals surface area contributed by atoms with Crippen LogP contribution in [0.3, 0.4) is 0 Å². The molecule has 0 radical (unpaired) electrons. The molecule has 0 aliphatic carbocycles. The molecule has 0 unspecified atom stereocenters. The molecule has 0 aliphatic heterocycles. The lowest BCUT2D eigenvalue weighted by atomic mass is 10.1. The van der Waals surface area contributed by atoms with Gasteiger partial charge in [0.25, 0.3) is 0 Å². The Morgan fingerprint density at radius 1 is 1.06 bits per heavy atom. The molecular formula is C22H20F3N5O3. The van der Waals surface area contributed by atoms with Gasteiger partial charge in [-0.15, -0.1) is 0 Å². The number of nitrogens with one attached hydrogen (secondary N) is 2. The van der Waals surface area contributed by atoms with Crippen LogP contribution in [0.25, 0.3) is 22.3 Å². The third-order valence-electron chi connectivity index (χ3n) is 4.56. The Morgan fingerprint density at radius 3 is 2.48 bits per heavy atom. The fourth-order valence-corrected chi connectivity index (χ4v) is 3.15. The number of H-pyrrole nitrogens is 1. The second-order valence-electron chi connectivity index (χ2n) is 7.13. The monoisotopic (exact) mass is 459 g/mol. The summed E-state index contributed by atoms with van der Waals surface area (Å²) in [5.41, 5.74) is 0.902. The van der Waals surface area contributed by atoms with Crippen molar-refractivity contribution in [3.63, 3.8) is 0 Å². The van der Waals surface area contributed by atoms with Crippen LogP contribution in [0.5, 0.6) is 17.5 Å². The first-order chi connectivity index (χ1) is 15.9. The number of fused-ring (bicyclic) bond motifs is 1. The number of aliphatic hydroxyl groups is 1. The molecule has 3 N–H and O–H groups in total. The smallest absolute Gasteiger partial charge is 0.326 e. The van der Waals surface area contributed by atoms with Gasteiger partial charge in [0, 0.05) is 18.2 Å². The fraction of sp³-hybridized carbons (Fsp3) is 0.227. The number of hydrogen-bond donors (Lipinski definition) is 3. The van der Waals surface area contributed by atoms with Crippen LogP contribution in [0.15, 0.2) is 36.4 Å². The first-order valence-corrected chi connectivity index (χ1v) is 10.1. The van der Waals surface area contributed by atoms with Crippen molar-refractivity contribution in [3.05, 3.63) is 53.8 Å². The van der Waals surface area contributed by atoms with Crippen molar-refractivity contribution in [3.8, 4) is 28.8 Å². The van der Waals surface area contributed by atoms with E-state index in [1.807, 2.05) is 0 Å². The molecule has 2 aromatic carbocycles. The van der Waals surface area contributed by atoms with E-state index in [1.165, 1.54) is 18.2 Å². The lowest BCUT2D eigenvalue weighted by Crippen LogP contribution is -2.16. The number of aromatic nitrogens is 4. The number of anilines is 1. The van der Waals surface area contributed by atoms with Crippen molar-refractivity contribution in [2.24, 2.45) is 0 Å². The van der Waals surface area contributed by atoms with Gasteiger partial charge in [0.2, 0.25) is 0 Å². The maximum absolute atomic E-state index is 14.1. The molecule has 0 saturated heterocycles. The van der Waals surface area contributed by atoms with Gasteiger partial charge in [-0.05, 0) is 44.2 Å². The van der Waals surface area contributed by atoms with Gasteiger partial charge in [-0.25, -0.2) is 13.2 Å². The summed E-state index contributed by atoms with van der Waals surface area (Å²) in [5.74, 6) is -1.83. The van der Waals surface area contributed by atoms with E-state index in [2.05, 4.69) is 25.5 Å². The maximum Gasteiger partial charge on any atom is 0.326 e. The van der Waals surface area contributed by atoms with Gasteiger partial charge in [0.15, 0.2) is 17.2 Å². The summed E-state index contributed by atoms with van der Waals surface area (Å²) in [6.45, 7) is 3.85. The lowest BCUT2D eigenvalue weighted by molar-refractivity contribution is 0.208. The molecule has 2 heterocycles. The van der Waals surface area contributed by atoms with Gasteiger partial charge in [-0.2, -0.15) is 15.1 Å². The third kappa shape index (κ3) is 4.82. The number of aromatic amines is 1. The normalized spacial score (nSPS) is 12.1. The van der Waals surface area contributed by atoms with Crippen molar-refractivity contribution < 1.29 is 27.8 Å². The van der Waals surface area contributed by atoms with E-state index in [4.69, 9.17) is 9.47 Å². The minimum absolute atomic E-state index is 0.114. The van der Waals surface area contributed by atoms with Gasteiger partial charge < -0.3 is 19.9 Å². The van der Waals surface area contributed by atoms with Crippen molar-refractivity contribution in [1.29, 1.82) is 0 Å². The Kier molecular flexibility index (Phi) is 6.31. The molecule has 33 heavy (non-hydrogen) atoms. The molecule has 0 saturated carbocycles. The van der Waals surface area contributed by atoms with Crippen LogP contribution in [0.2, 0.25) is 0 Å². The van der Waals surface area contributed by atoms with Crippen LogP contribution in [0.1, 0.15) is 13.8 Å². The van der Waals surface area contributed by atoms with Crippen LogP contribution < -0.4 is 14.8 Å². The van der Waals surface area contributed by atoms with Crippen molar-refractivity contribution in [2.75, 3.05) is 18.5 Å². The summed E-state index contributed by atoms with van der Waals surface area (Å²) >= 11 is 0. The predicted molar refractivity (Wildman–Crippen MR) is 115 cm³/mol. The molecule has 0 amide bonds. The number of nitrogens with zero attached hydrogens (tertiary/aromatic N) is 3. The topological polar surface area (TPSA) is 105 Å². The quantitative estimate of drug-likeness (QED) is 0.358. The molecule has 4 aromatic rings. The van der Waals surface area contributed by atoms with Crippen LogP contribution in [-0.4, -0.2) is 44.5 Å². The number of aliphatic hydroxyl groups excluding tert-OH is 1. The van der Waals surface area contributed by atoms with Crippen molar-refractivity contribution in [1.82, 2.24) is 20.2 Å². The standard InChI is InChI=1S/C22H20F3N5O3/c1-3-32-16-6-4-12(23)8-14(16)19-18-20(26-10-11(2)31)27-22(28-21(18)30-29-19)33-17-7-5-13(24)9-15(17)25/h4-9,11,31H,3,10H2,1-2H3,(H2,26,27,28,29,30)/t11-/m0/s1. The summed E-state index contributed by atoms with van der Waals surface area (Å²) < 4.78 is 52.3. The van der Waals surface area contributed by atoms with E-state index >= 15 is 0 Å². The molecule has 0 fully saturated rings. The second kappa shape index (κ2) is 9.33. The zero-order chi connectivity index (χ0) is 23.5. The molecule has 2 aromatic heterocycles. The van der Waals surface area contributed by atoms with Gasteiger partial charge in [0.1, 0.15) is 23.2 Å². The zero-order valence-corrected chi connectivity index (χ0v) is 17.7. The Labute approximate surface area is 186 Å². The third-order valence-corrected chi connectivity index (χ3v) is 4.56. The molecule has 1 atom stereocenters. The summed E-state index contributed by atoms with van der Waals surface area (Å²) in [4.78, 5) is 8.47. The number of benzene rings is 2. The molecule has 11 heteroatoms. The van der Waals surface area contributed by atoms with Gasteiger partial charge in [0.05, 0.1) is 23.8 Å². The maximum atomic E-state index is 14.1. The van der Waals surface area contributed by atoms with Crippen LogP contribution >= 0.6 is 0 Å². The zero-order valence-electron chi connectivity index (χ0n) is 17.7. The largest absolute Gasteiger partial charge is 0.493 e. The van der Waals surface area contributed by atoms with Crippen molar-refractivity contribution >= 4 is 16.9 Å². The summed E-state index contributed by atoms with van der Waals surface area (Å²) in [7, 11) is 0. The van der Waals surface area contributed by atoms with Crippen molar-refractivity contribution in [2.45, 2.75) is 20.0 Å². The first-order valence-electron chi connectivity index (χ1n) is 10.1. The molecule has 0 aliphatic rings. The lowest BCUT2D eigenvalue weighted by Gasteiger charge is -2.13. The molecular weight excluding hydrogens is 439 g/mol. The summed E-state index contributed by atoms with van der Waals surface area (Å²) in [5, 5.41) is 20.1. The Balaban J connectivity index is 1.84. The average Bonchev–Trinajstić information content (AvgIpc) is 3.19. The molecule has 4 rings (SSSR count).